The number of nitrogens with zero attached hydrogens (tertiary/aromatic N) is 2. The predicted octanol–water partition coefficient (Wildman–Crippen LogP) is 1.83. The van der Waals surface area contributed by atoms with Crippen molar-refractivity contribution < 1.29 is 14.6 Å². The third-order valence-corrected chi connectivity index (χ3v) is 5.52. The maximum atomic E-state index is 11.1. The summed E-state index contributed by atoms with van der Waals surface area (Å²) in [4.78, 5) is 16.2. The fourth-order valence-corrected chi connectivity index (χ4v) is 4.04. The van der Waals surface area contributed by atoms with Crippen LogP contribution < -0.4 is 5.32 Å². The van der Waals surface area contributed by atoms with Gasteiger partial charge in [0.15, 0.2) is 0 Å². The lowest BCUT2D eigenvalue weighted by atomic mass is 9.92. The molecule has 26 heavy (non-hydrogen) atoms. The fourth-order valence-electron chi connectivity index (χ4n) is 4.04. The van der Waals surface area contributed by atoms with Gasteiger partial charge < -0.3 is 15.2 Å². The molecule has 2 aliphatic rings. The number of aromatic carboxylic acids is 1. The van der Waals surface area contributed by atoms with E-state index in [0.29, 0.717) is 17.7 Å². The van der Waals surface area contributed by atoms with Crippen molar-refractivity contribution in [1.82, 2.24) is 15.1 Å². The number of piperidine rings is 1. The predicted molar refractivity (Wildman–Crippen MR) is 102 cm³/mol. The highest BCUT2D eigenvalue weighted by Gasteiger charge is 2.30. The molecule has 2 N–H and O–H groups in total. The summed E-state index contributed by atoms with van der Waals surface area (Å²) in [5.74, 6) is -0.872. The summed E-state index contributed by atoms with van der Waals surface area (Å²) in [6.07, 6.45) is 2.33. The van der Waals surface area contributed by atoms with E-state index in [-0.39, 0.29) is 0 Å². The number of rotatable bonds is 7. The molecule has 2 fully saturated rings. The van der Waals surface area contributed by atoms with Gasteiger partial charge in [-0.15, -0.1) is 0 Å². The third kappa shape index (κ3) is 5.04. The fraction of sp³-hybridized carbons (Fsp3) is 0.650. The number of benzene rings is 1. The lowest BCUT2D eigenvalue weighted by Gasteiger charge is -2.41. The van der Waals surface area contributed by atoms with Gasteiger partial charge in [0.05, 0.1) is 11.7 Å². The highest BCUT2D eigenvalue weighted by molar-refractivity contribution is 5.87. The Morgan fingerprint density at radius 2 is 1.92 bits per heavy atom. The summed E-state index contributed by atoms with van der Waals surface area (Å²) in [6.45, 7) is 10.3. The summed E-state index contributed by atoms with van der Waals surface area (Å²) in [5.41, 5.74) is 1.54. The van der Waals surface area contributed by atoms with E-state index in [1.807, 2.05) is 19.1 Å². The molecule has 0 saturated carbocycles. The molecule has 0 bridgehead atoms. The van der Waals surface area contributed by atoms with Crippen molar-refractivity contribution in [3.05, 3.63) is 35.4 Å². The average molecular weight is 361 g/mol. The van der Waals surface area contributed by atoms with Crippen LogP contribution in [-0.4, -0.2) is 79.4 Å². The largest absolute Gasteiger partial charge is 0.478 e. The van der Waals surface area contributed by atoms with E-state index in [1.165, 1.54) is 5.56 Å². The first-order valence-corrected chi connectivity index (χ1v) is 9.79. The molecule has 2 aliphatic heterocycles. The van der Waals surface area contributed by atoms with E-state index in [0.717, 1.165) is 65.3 Å². The number of carboxylic acid groups (broad SMARTS) is 1. The molecule has 2 atom stereocenters. The van der Waals surface area contributed by atoms with E-state index < -0.39 is 5.97 Å². The van der Waals surface area contributed by atoms with E-state index in [1.54, 1.807) is 12.1 Å². The van der Waals surface area contributed by atoms with Gasteiger partial charge in [-0.3, -0.25) is 9.80 Å². The van der Waals surface area contributed by atoms with Crippen LogP contribution in [0.15, 0.2) is 24.3 Å². The number of ether oxygens (including phenoxy) is 1. The first kappa shape index (κ1) is 19.3. The van der Waals surface area contributed by atoms with E-state index in [9.17, 15) is 4.79 Å². The molecular formula is C20H31N3O3. The van der Waals surface area contributed by atoms with Crippen molar-refractivity contribution in [3.63, 3.8) is 0 Å². The summed E-state index contributed by atoms with van der Waals surface area (Å²) in [7, 11) is 0. The van der Waals surface area contributed by atoms with E-state index in [4.69, 9.17) is 9.84 Å². The van der Waals surface area contributed by atoms with Crippen molar-refractivity contribution in [2.75, 3.05) is 52.4 Å². The minimum absolute atomic E-state index is 0.291. The maximum absolute atomic E-state index is 11.1. The van der Waals surface area contributed by atoms with Crippen LogP contribution in [0, 0.1) is 0 Å². The molecular weight excluding hydrogens is 330 g/mol. The van der Waals surface area contributed by atoms with Crippen molar-refractivity contribution in [3.8, 4) is 0 Å². The van der Waals surface area contributed by atoms with Crippen LogP contribution in [0.2, 0.25) is 0 Å². The first-order valence-electron chi connectivity index (χ1n) is 9.79. The summed E-state index contributed by atoms with van der Waals surface area (Å²) < 4.78 is 5.90. The molecule has 3 rings (SSSR count). The van der Waals surface area contributed by atoms with Crippen LogP contribution >= 0.6 is 0 Å². The van der Waals surface area contributed by atoms with Crippen LogP contribution in [0.5, 0.6) is 0 Å². The molecule has 0 aromatic heterocycles. The number of hydrogen-bond acceptors (Lipinski definition) is 5. The quantitative estimate of drug-likeness (QED) is 0.773. The minimum atomic E-state index is -0.872. The minimum Gasteiger partial charge on any atom is -0.478 e. The molecule has 144 valence electrons. The van der Waals surface area contributed by atoms with Crippen LogP contribution in [0.4, 0.5) is 0 Å². The Kier molecular flexibility index (Phi) is 7.02. The van der Waals surface area contributed by atoms with E-state index >= 15 is 0 Å². The number of nitrogens with one attached hydrogen (secondary N) is 1. The van der Waals surface area contributed by atoms with Crippen LogP contribution in [-0.2, 0) is 4.74 Å². The van der Waals surface area contributed by atoms with Crippen molar-refractivity contribution >= 4 is 5.97 Å². The number of carbonyl (C=O) groups is 1. The van der Waals surface area contributed by atoms with Gasteiger partial charge in [0, 0.05) is 58.5 Å². The zero-order chi connectivity index (χ0) is 18.4. The van der Waals surface area contributed by atoms with Crippen molar-refractivity contribution in [2.24, 2.45) is 0 Å². The third-order valence-electron chi connectivity index (χ3n) is 5.52. The molecule has 1 aromatic carbocycles. The van der Waals surface area contributed by atoms with Crippen molar-refractivity contribution in [1.29, 1.82) is 0 Å². The second-order valence-electron chi connectivity index (χ2n) is 7.17. The molecule has 6 nitrogen and oxygen atoms in total. The van der Waals surface area contributed by atoms with Gasteiger partial charge in [0.25, 0.3) is 0 Å². The molecule has 0 radical (unpaired) electrons. The number of likely N-dealkylation sites (tertiary alicyclic amines) is 1. The summed E-state index contributed by atoms with van der Waals surface area (Å²) in [5, 5.41) is 12.5. The van der Waals surface area contributed by atoms with Gasteiger partial charge in [-0.2, -0.15) is 0 Å². The maximum Gasteiger partial charge on any atom is 0.335 e. The monoisotopic (exact) mass is 361 g/mol. The van der Waals surface area contributed by atoms with Crippen LogP contribution in [0.1, 0.15) is 41.7 Å². The summed E-state index contributed by atoms with van der Waals surface area (Å²) >= 11 is 0. The lowest BCUT2D eigenvalue weighted by molar-refractivity contribution is -0.0136. The normalized spacial score (nSPS) is 25.3. The Labute approximate surface area is 156 Å². The van der Waals surface area contributed by atoms with E-state index in [2.05, 4.69) is 15.1 Å². The van der Waals surface area contributed by atoms with Crippen LogP contribution in [0.25, 0.3) is 0 Å². The zero-order valence-electron chi connectivity index (χ0n) is 15.7. The molecule has 0 spiro atoms. The van der Waals surface area contributed by atoms with Gasteiger partial charge in [0.1, 0.15) is 0 Å². The molecule has 0 amide bonds. The molecule has 6 heteroatoms. The second kappa shape index (κ2) is 9.46. The van der Waals surface area contributed by atoms with Gasteiger partial charge in [-0.1, -0.05) is 12.1 Å². The number of piperazine rings is 1. The Morgan fingerprint density at radius 3 is 2.58 bits per heavy atom. The lowest BCUT2D eigenvalue weighted by Crippen LogP contribution is -2.48. The van der Waals surface area contributed by atoms with Gasteiger partial charge in [-0.25, -0.2) is 4.79 Å². The highest BCUT2D eigenvalue weighted by atomic mass is 16.5. The van der Waals surface area contributed by atoms with Gasteiger partial charge >= 0.3 is 5.97 Å². The number of carboxylic acids is 1. The molecule has 2 heterocycles. The average Bonchev–Trinajstić information content (AvgIpc) is 2.68. The van der Waals surface area contributed by atoms with Crippen LogP contribution in [0.3, 0.4) is 0 Å². The Morgan fingerprint density at radius 1 is 1.19 bits per heavy atom. The SMILES string of the molecule is CCO[C@H]1CCN(CCN2CCNCC2)[C@H](c2ccc(C(=O)O)cc2)C1. The standard InChI is InChI=1S/C20H31N3O3/c1-2-26-18-7-10-23(14-13-22-11-8-21-9-12-22)19(15-18)16-3-5-17(6-4-16)20(24)25/h3-6,18-19,21H,2,7-15H2,1H3,(H,24,25)/t18-,19-/m0/s1. The molecule has 0 aliphatic carbocycles. The Hall–Kier alpha value is -1.47. The Balaban J connectivity index is 1.67. The smallest absolute Gasteiger partial charge is 0.335 e. The molecule has 0 unspecified atom stereocenters. The summed E-state index contributed by atoms with van der Waals surface area (Å²) in [6, 6.07) is 7.68. The van der Waals surface area contributed by atoms with Gasteiger partial charge in [0.2, 0.25) is 0 Å². The molecule has 2 saturated heterocycles. The second-order valence-corrected chi connectivity index (χ2v) is 7.17. The van der Waals surface area contributed by atoms with Crippen molar-refractivity contribution in [2.45, 2.75) is 31.9 Å². The molecule has 1 aromatic rings. The number of hydrogen-bond donors (Lipinski definition) is 2. The van der Waals surface area contributed by atoms with Gasteiger partial charge in [-0.05, 0) is 37.5 Å². The zero-order valence-corrected chi connectivity index (χ0v) is 15.7. The topological polar surface area (TPSA) is 65.0 Å². The Bertz CT molecular complexity index is 572. The highest BCUT2D eigenvalue weighted by Crippen LogP contribution is 2.32. The first-order chi connectivity index (χ1) is 12.7.